The molecule has 0 atom stereocenters. The number of para-hydroxylation sites is 1. The summed E-state index contributed by atoms with van der Waals surface area (Å²) in [5.41, 5.74) is 5.61. The quantitative estimate of drug-likeness (QED) is 0.690. The number of ether oxygens (including phenoxy) is 1. The molecule has 2 aromatic rings. The van der Waals surface area contributed by atoms with E-state index in [1.807, 2.05) is 0 Å². The summed E-state index contributed by atoms with van der Waals surface area (Å²) >= 11 is 5.82. The second kappa shape index (κ2) is 5.85. The van der Waals surface area contributed by atoms with Crippen molar-refractivity contribution in [3.63, 3.8) is 0 Å². The third-order valence-electron chi connectivity index (χ3n) is 2.60. The van der Waals surface area contributed by atoms with Gasteiger partial charge < -0.3 is 10.5 Å². The molecule has 0 aliphatic rings. The highest BCUT2D eigenvalue weighted by Crippen LogP contribution is 2.35. The van der Waals surface area contributed by atoms with Crippen molar-refractivity contribution >= 4 is 17.3 Å². The average molecular weight is 297 g/mol. The first kappa shape index (κ1) is 14.2. The van der Waals surface area contributed by atoms with E-state index in [9.17, 15) is 14.5 Å². The maximum atomic E-state index is 13.7. The van der Waals surface area contributed by atoms with Crippen LogP contribution in [0, 0.1) is 15.9 Å². The Balaban J connectivity index is 2.47. The van der Waals surface area contributed by atoms with Crippen LogP contribution in [0.1, 0.15) is 5.56 Å². The highest BCUT2D eigenvalue weighted by molar-refractivity contribution is 6.30. The van der Waals surface area contributed by atoms with Gasteiger partial charge in [0.15, 0.2) is 5.82 Å². The maximum absolute atomic E-state index is 13.7. The molecule has 0 bridgehead atoms. The first-order valence-electron chi connectivity index (χ1n) is 5.62. The van der Waals surface area contributed by atoms with Gasteiger partial charge in [-0.2, -0.15) is 0 Å². The molecule has 0 saturated carbocycles. The SMILES string of the molecule is NCc1cc(Cl)ccc1Oc1c(F)cccc1[N+](=O)[O-]. The molecular weight excluding hydrogens is 287 g/mol. The van der Waals surface area contributed by atoms with Gasteiger partial charge in [0, 0.05) is 23.2 Å². The number of hydrogen-bond acceptors (Lipinski definition) is 4. The fourth-order valence-electron chi connectivity index (χ4n) is 1.66. The maximum Gasteiger partial charge on any atom is 0.314 e. The van der Waals surface area contributed by atoms with Crippen LogP contribution in [-0.2, 0) is 6.54 Å². The Morgan fingerprint density at radius 1 is 1.35 bits per heavy atom. The van der Waals surface area contributed by atoms with Gasteiger partial charge in [-0.25, -0.2) is 4.39 Å². The number of nitrogens with two attached hydrogens (primary N) is 1. The molecule has 0 aliphatic heterocycles. The Morgan fingerprint density at radius 3 is 2.75 bits per heavy atom. The van der Waals surface area contributed by atoms with E-state index in [-0.39, 0.29) is 12.3 Å². The molecule has 2 N–H and O–H groups in total. The van der Waals surface area contributed by atoms with Gasteiger partial charge in [-0.05, 0) is 24.3 Å². The van der Waals surface area contributed by atoms with Crippen molar-refractivity contribution in [2.45, 2.75) is 6.54 Å². The molecule has 104 valence electrons. The third-order valence-corrected chi connectivity index (χ3v) is 2.83. The van der Waals surface area contributed by atoms with Gasteiger partial charge in [0.25, 0.3) is 0 Å². The lowest BCUT2D eigenvalue weighted by Gasteiger charge is -2.11. The molecule has 5 nitrogen and oxygen atoms in total. The minimum absolute atomic E-state index is 0.109. The highest BCUT2D eigenvalue weighted by Gasteiger charge is 2.21. The second-order valence-corrected chi connectivity index (χ2v) is 4.34. The molecule has 0 unspecified atom stereocenters. The molecule has 7 heteroatoms. The van der Waals surface area contributed by atoms with Gasteiger partial charge in [0.2, 0.25) is 5.75 Å². The van der Waals surface area contributed by atoms with E-state index in [1.165, 1.54) is 18.2 Å². The minimum atomic E-state index is -0.822. The van der Waals surface area contributed by atoms with E-state index in [4.69, 9.17) is 22.1 Å². The van der Waals surface area contributed by atoms with Crippen LogP contribution in [0.5, 0.6) is 11.5 Å². The normalized spacial score (nSPS) is 10.3. The monoisotopic (exact) mass is 296 g/mol. The zero-order valence-corrected chi connectivity index (χ0v) is 10.9. The number of benzene rings is 2. The second-order valence-electron chi connectivity index (χ2n) is 3.90. The Labute approximate surface area is 118 Å². The van der Waals surface area contributed by atoms with Crippen molar-refractivity contribution in [3.8, 4) is 11.5 Å². The van der Waals surface area contributed by atoms with Crippen LogP contribution in [0.3, 0.4) is 0 Å². The van der Waals surface area contributed by atoms with Crippen molar-refractivity contribution in [2.24, 2.45) is 5.73 Å². The van der Waals surface area contributed by atoms with Crippen LogP contribution in [0.25, 0.3) is 0 Å². The molecule has 0 spiro atoms. The molecule has 2 rings (SSSR count). The summed E-state index contributed by atoms with van der Waals surface area (Å²) in [5.74, 6) is -1.04. The molecule has 0 amide bonds. The molecular formula is C13H10ClFN2O3. The first-order valence-corrected chi connectivity index (χ1v) is 6.00. The topological polar surface area (TPSA) is 78.4 Å². The van der Waals surface area contributed by atoms with Crippen molar-refractivity contribution in [1.29, 1.82) is 0 Å². The van der Waals surface area contributed by atoms with E-state index in [0.717, 1.165) is 12.1 Å². The van der Waals surface area contributed by atoms with Crippen molar-refractivity contribution < 1.29 is 14.1 Å². The van der Waals surface area contributed by atoms with Crippen LogP contribution >= 0.6 is 11.6 Å². The molecule has 0 fully saturated rings. The summed E-state index contributed by atoms with van der Waals surface area (Å²) in [6, 6.07) is 8.07. The van der Waals surface area contributed by atoms with Crippen molar-refractivity contribution in [3.05, 3.63) is 62.9 Å². The summed E-state index contributed by atoms with van der Waals surface area (Å²) in [5, 5.41) is 11.3. The first-order chi connectivity index (χ1) is 9.52. The zero-order valence-electron chi connectivity index (χ0n) is 10.2. The summed E-state index contributed by atoms with van der Waals surface area (Å²) in [4.78, 5) is 10.2. The lowest BCUT2D eigenvalue weighted by molar-refractivity contribution is -0.385. The Hall–Kier alpha value is -2.18. The lowest BCUT2D eigenvalue weighted by Crippen LogP contribution is -2.01. The van der Waals surface area contributed by atoms with Crippen LogP contribution in [0.2, 0.25) is 5.02 Å². The average Bonchev–Trinajstić information content (AvgIpc) is 2.42. The minimum Gasteiger partial charge on any atom is -0.447 e. The van der Waals surface area contributed by atoms with Gasteiger partial charge in [-0.1, -0.05) is 17.7 Å². The molecule has 0 heterocycles. The Bertz CT molecular complexity index is 664. The largest absolute Gasteiger partial charge is 0.447 e. The van der Waals surface area contributed by atoms with Gasteiger partial charge >= 0.3 is 5.69 Å². The van der Waals surface area contributed by atoms with Crippen LogP contribution in [0.4, 0.5) is 10.1 Å². The zero-order chi connectivity index (χ0) is 14.7. The summed E-state index contributed by atoms with van der Waals surface area (Å²) < 4.78 is 19.0. The number of halogens is 2. The summed E-state index contributed by atoms with van der Waals surface area (Å²) in [6.07, 6.45) is 0. The van der Waals surface area contributed by atoms with Gasteiger partial charge in [-0.3, -0.25) is 10.1 Å². The molecule has 0 aromatic heterocycles. The predicted octanol–water partition coefficient (Wildman–Crippen LogP) is 3.64. The number of hydrogen-bond donors (Lipinski definition) is 1. The van der Waals surface area contributed by atoms with Crippen molar-refractivity contribution in [1.82, 2.24) is 0 Å². The molecule has 20 heavy (non-hydrogen) atoms. The summed E-state index contributed by atoms with van der Waals surface area (Å²) in [6.45, 7) is 0.109. The number of nitro benzene ring substituents is 1. The van der Waals surface area contributed by atoms with E-state index in [1.54, 1.807) is 6.07 Å². The number of nitro groups is 1. The smallest absolute Gasteiger partial charge is 0.314 e. The third kappa shape index (κ3) is 2.87. The van der Waals surface area contributed by atoms with E-state index in [0.29, 0.717) is 10.6 Å². The fraction of sp³-hybridized carbons (Fsp3) is 0.0769. The molecule has 0 radical (unpaired) electrons. The highest BCUT2D eigenvalue weighted by atomic mass is 35.5. The van der Waals surface area contributed by atoms with E-state index >= 15 is 0 Å². The Kier molecular flexibility index (Phi) is 4.16. The molecule has 0 saturated heterocycles. The van der Waals surface area contributed by atoms with Crippen molar-refractivity contribution in [2.75, 3.05) is 0 Å². The fourth-order valence-corrected chi connectivity index (χ4v) is 1.85. The molecule has 0 aliphatic carbocycles. The van der Waals surface area contributed by atoms with Gasteiger partial charge in [0.05, 0.1) is 4.92 Å². The van der Waals surface area contributed by atoms with Crippen LogP contribution in [0.15, 0.2) is 36.4 Å². The lowest BCUT2D eigenvalue weighted by atomic mass is 10.2. The van der Waals surface area contributed by atoms with E-state index in [2.05, 4.69) is 0 Å². The number of rotatable bonds is 4. The predicted molar refractivity (Wildman–Crippen MR) is 72.5 cm³/mol. The number of nitrogens with zero attached hydrogens (tertiary/aromatic N) is 1. The van der Waals surface area contributed by atoms with Gasteiger partial charge in [0.1, 0.15) is 5.75 Å². The Morgan fingerprint density at radius 2 is 2.10 bits per heavy atom. The van der Waals surface area contributed by atoms with Crippen LogP contribution < -0.4 is 10.5 Å². The molecule has 2 aromatic carbocycles. The van der Waals surface area contributed by atoms with Gasteiger partial charge in [-0.15, -0.1) is 0 Å². The van der Waals surface area contributed by atoms with E-state index < -0.39 is 22.2 Å². The van der Waals surface area contributed by atoms with Crippen LogP contribution in [-0.4, -0.2) is 4.92 Å². The summed E-state index contributed by atoms with van der Waals surface area (Å²) in [7, 11) is 0. The standard InChI is InChI=1S/C13H10ClFN2O3/c14-9-4-5-12(8(6-9)7-16)20-13-10(15)2-1-3-11(13)17(18)19/h1-6H,7,16H2.